The Balaban J connectivity index is 1.45. The maximum absolute atomic E-state index is 13.1. The summed E-state index contributed by atoms with van der Waals surface area (Å²) < 4.78 is 0. The highest BCUT2D eigenvalue weighted by atomic mass is 16.2. The number of benzene rings is 2. The molecule has 1 aromatic heterocycles. The average Bonchev–Trinajstić information content (AvgIpc) is 3.27. The molecule has 1 heterocycles. The molecule has 1 saturated carbocycles. The lowest BCUT2D eigenvalue weighted by molar-refractivity contribution is -0.124. The average molecular weight is 433 g/mol. The van der Waals surface area contributed by atoms with Crippen LogP contribution >= 0.6 is 0 Å². The standard InChI is InChI=1S/C24H28N6O2/c1-18-12-14-19(15-13-18)24-26-28-30(27-24)17-23(32)29(21-10-6-3-7-11-21)16-22(31)25-20-8-4-2-5-9-20/h3,6-7,10-15,20H,2,4-5,8-9,16-17H2,1H3,(H,25,31). The molecular weight excluding hydrogens is 404 g/mol. The summed E-state index contributed by atoms with van der Waals surface area (Å²) in [5.74, 6) is 0.0305. The smallest absolute Gasteiger partial charge is 0.251 e. The van der Waals surface area contributed by atoms with Crippen LogP contribution in [0, 0.1) is 6.92 Å². The largest absolute Gasteiger partial charge is 0.352 e. The molecule has 4 rings (SSSR count). The quantitative estimate of drug-likeness (QED) is 0.619. The highest BCUT2D eigenvalue weighted by molar-refractivity contribution is 5.98. The SMILES string of the molecule is Cc1ccc(-c2nnn(CC(=O)N(CC(=O)NC3CCCCC3)c3ccccc3)n2)cc1. The van der Waals surface area contributed by atoms with Crippen molar-refractivity contribution in [1.29, 1.82) is 0 Å². The fourth-order valence-electron chi connectivity index (χ4n) is 3.93. The fourth-order valence-corrected chi connectivity index (χ4v) is 3.93. The van der Waals surface area contributed by atoms with Gasteiger partial charge in [0.25, 0.3) is 5.91 Å². The Morgan fingerprint density at radius 1 is 1.03 bits per heavy atom. The lowest BCUT2D eigenvalue weighted by Gasteiger charge is -2.26. The zero-order valence-electron chi connectivity index (χ0n) is 18.3. The van der Waals surface area contributed by atoms with Crippen LogP contribution in [0.25, 0.3) is 11.4 Å². The minimum absolute atomic E-state index is 0.0428. The number of tetrazole rings is 1. The predicted molar refractivity (Wildman–Crippen MR) is 122 cm³/mol. The number of rotatable bonds is 7. The summed E-state index contributed by atoms with van der Waals surface area (Å²) >= 11 is 0. The van der Waals surface area contributed by atoms with E-state index in [0.717, 1.165) is 36.8 Å². The first-order chi connectivity index (χ1) is 15.6. The second-order valence-electron chi connectivity index (χ2n) is 8.23. The first-order valence-electron chi connectivity index (χ1n) is 11.1. The van der Waals surface area contributed by atoms with Crippen LogP contribution in [-0.2, 0) is 16.1 Å². The van der Waals surface area contributed by atoms with Gasteiger partial charge in [-0.25, -0.2) is 0 Å². The first kappa shape index (κ1) is 21.7. The van der Waals surface area contributed by atoms with E-state index in [9.17, 15) is 9.59 Å². The summed E-state index contributed by atoms with van der Waals surface area (Å²) in [6.07, 6.45) is 5.48. The predicted octanol–water partition coefficient (Wildman–Crippen LogP) is 3.13. The monoisotopic (exact) mass is 432 g/mol. The van der Waals surface area contributed by atoms with E-state index in [0.29, 0.717) is 11.5 Å². The number of hydrogen-bond donors (Lipinski definition) is 1. The number of nitrogens with zero attached hydrogens (tertiary/aromatic N) is 5. The van der Waals surface area contributed by atoms with Gasteiger partial charge < -0.3 is 10.2 Å². The maximum Gasteiger partial charge on any atom is 0.251 e. The van der Waals surface area contributed by atoms with Crippen LogP contribution < -0.4 is 10.2 Å². The third-order valence-electron chi connectivity index (χ3n) is 5.68. The van der Waals surface area contributed by atoms with E-state index in [2.05, 4.69) is 20.7 Å². The van der Waals surface area contributed by atoms with Crippen LogP contribution in [-0.4, -0.2) is 44.6 Å². The first-order valence-corrected chi connectivity index (χ1v) is 11.1. The second kappa shape index (κ2) is 10.2. The van der Waals surface area contributed by atoms with E-state index in [4.69, 9.17) is 0 Å². The van der Waals surface area contributed by atoms with E-state index >= 15 is 0 Å². The maximum atomic E-state index is 13.1. The highest BCUT2D eigenvalue weighted by Gasteiger charge is 2.23. The van der Waals surface area contributed by atoms with E-state index in [1.807, 2.05) is 61.5 Å². The highest BCUT2D eigenvalue weighted by Crippen LogP contribution is 2.18. The molecule has 2 amide bonds. The molecule has 0 spiro atoms. The number of anilines is 1. The Kier molecular flexibility index (Phi) is 6.89. The number of para-hydroxylation sites is 1. The normalized spacial score (nSPS) is 14.2. The van der Waals surface area contributed by atoms with E-state index in [1.165, 1.54) is 16.1 Å². The van der Waals surface area contributed by atoms with Crippen LogP contribution in [0.2, 0.25) is 0 Å². The zero-order valence-corrected chi connectivity index (χ0v) is 18.3. The van der Waals surface area contributed by atoms with Crippen molar-refractivity contribution in [2.45, 2.75) is 51.6 Å². The van der Waals surface area contributed by atoms with Crippen molar-refractivity contribution >= 4 is 17.5 Å². The molecule has 1 aliphatic rings. The number of hydrogen-bond acceptors (Lipinski definition) is 5. The molecule has 0 unspecified atom stereocenters. The lowest BCUT2D eigenvalue weighted by Crippen LogP contribution is -2.45. The van der Waals surface area contributed by atoms with E-state index < -0.39 is 0 Å². The minimum atomic E-state index is -0.275. The Bertz CT molecular complexity index is 1040. The molecule has 0 aliphatic heterocycles. The number of aromatic nitrogens is 4. The van der Waals surface area contributed by atoms with Gasteiger partial charge in [0.1, 0.15) is 13.1 Å². The van der Waals surface area contributed by atoms with Crippen LogP contribution in [0.15, 0.2) is 54.6 Å². The van der Waals surface area contributed by atoms with Crippen LogP contribution in [0.5, 0.6) is 0 Å². The number of carbonyl (C=O) groups is 2. The molecule has 0 bridgehead atoms. The van der Waals surface area contributed by atoms with Gasteiger partial charge in [0.05, 0.1) is 0 Å². The topological polar surface area (TPSA) is 93.0 Å². The molecule has 1 N–H and O–H groups in total. The summed E-state index contributed by atoms with van der Waals surface area (Å²) in [5, 5.41) is 15.5. The molecule has 8 nitrogen and oxygen atoms in total. The Labute approximate surface area is 187 Å². The van der Waals surface area contributed by atoms with Gasteiger partial charge in [-0.05, 0) is 37.1 Å². The summed E-state index contributed by atoms with van der Waals surface area (Å²) in [6, 6.07) is 17.2. The molecule has 32 heavy (non-hydrogen) atoms. The third-order valence-corrected chi connectivity index (χ3v) is 5.68. The van der Waals surface area contributed by atoms with Crippen molar-refractivity contribution in [3.05, 3.63) is 60.2 Å². The van der Waals surface area contributed by atoms with Crippen LogP contribution in [0.4, 0.5) is 5.69 Å². The lowest BCUT2D eigenvalue weighted by atomic mass is 9.95. The molecular formula is C24H28N6O2. The van der Waals surface area contributed by atoms with E-state index in [-0.39, 0.29) is 30.9 Å². The molecule has 166 valence electrons. The summed E-state index contributed by atoms with van der Waals surface area (Å²) in [4.78, 5) is 28.6. The molecule has 0 saturated heterocycles. The number of aryl methyl sites for hydroxylation is 1. The minimum Gasteiger partial charge on any atom is -0.352 e. The van der Waals surface area contributed by atoms with Gasteiger partial charge in [-0.1, -0.05) is 67.3 Å². The molecule has 0 atom stereocenters. The van der Waals surface area contributed by atoms with Gasteiger partial charge >= 0.3 is 0 Å². The van der Waals surface area contributed by atoms with Crippen molar-refractivity contribution < 1.29 is 9.59 Å². The van der Waals surface area contributed by atoms with Gasteiger partial charge in [-0.2, -0.15) is 4.80 Å². The number of amides is 2. The molecule has 3 aromatic rings. The van der Waals surface area contributed by atoms with Crippen molar-refractivity contribution in [2.24, 2.45) is 0 Å². The molecule has 1 fully saturated rings. The summed E-state index contributed by atoms with van der Waals surface area (Å²) in [6.45, 7) is 1.86. The second-order valence-corrected chi connectivity index (χ2v) is 8.23. The summed E-state index contributed by atoms with van der Waals surface area (Å²) in [5.41, 5.74) is 2.64. The van der Waals surface area contributed by atoms with Crippen molar-refractivity contribution in [2.75, 3.05) is 11.4 Å². The Hall–Kier alpha value is -3.55. The Morgan fingerprint density at radius 2 is 1.75 bits per heavy atom. The van der Waals surface area contributed by atoms with E-state index in [1.54, 1.807) is 0 Å². The molecule has 8 heteroatoms. The van der Waals surface area contributed by atoms with Gasteiger partial charge in [-0.15, -0.1) is 10.2 Å². The van der Waals surface area contributed by atoms with Gasteiger partial charge in [-0.3, -0.25) is 9.59 Å². The van der Waals surface area contributed by atoms with Crippen molar-refractivity contribution in [3.8, 4) is 11.4 Å². The van der Waals surface area contributed by atoms with Gasteiger partial charge in [0.2, 0.25) is 11.7 Å². The number of carbonyl (C=O) groups excluding carboxylic acids is 2. The van der Waals surface area contributed by atoms with Gasteiger partial charge in [0, 0.05) is 17.3 Å². The van der Waals surface area contributed by atoms with Crippen LogP contribution in [0.1, 0.15) is 37.7 Å². The van der Waals surface area contributed by atoms with Crippen molar-refractivity contribution in [1.82, 2.24) is 25.5 Å². The third kappa shape index (κ3) is 5.57. The van der Waals surface area contributed by atoms with Crippen LogP contribution in [0.3, 0.4) is 0 Å². The Morgan fingerprint density at radius 3 is 2.47 bits per heavy atom. The number of nitrogens with one attached hydrogen (secondary N) is 1. The van der Waals surface area contributed by atoms with Gasteiger partial charge in [0.15, 0.2) is 0 Å². The molecule has 1 aliphatic carbocycles. The summed E-state index contributed by atoms with van der Waals surface area (Å²) in [7, 11) is 0. The zero-order chi connectivity index (χ0) is 22.3. The molecule has 0 radical (unpaired) electrons. The van der Waals surface area contributed by atoms with Crippen molar-refractivity contribution in [3.63, 3.8) is 0 Å². The fraction of sp³-hybridized carbons (Fsp3) is 0.375. The molecule has 2 aromatic carbocycles.